The van der Waals surface area contributed by atoms with E-state index in [1.54, 1.807) is 12.1 Å². The van der Waals surface area contributed by atoms with E-state index < -0.39 is 11.7 Å². The van der Waals surface area contributed by atoms with Crippen LogP contribution in [0.15, 0.2) is 42.5 Å². The smallest absolute Gasteiger partial charge is 0.248 e. The maximum atomic E-state index is 11.7. The monoisotopic (exact) mass is 442 g/mol. The van der Waals surface area contributed by atoms with Crippen LogP contribution in [0.1, 0.15) is 35.7 Å². The van der Waals surface area contributed by atoms with Crippen LogP contribution >= 0.6 is 0 Å². The van der Waals surface area contributed by atoms with Gasteiger partial charge < -0.3 is 34.7 Å². The van der Waals surface area contributed by atoms with Crippen LogP contribution in [0.25, 0.3) is 0 Å². The minimum absolute atomic E-state index is 0.263. The van der Waals surface area contributed by atoms with Gasteiger partial charge >= 0.3 is 0 Å². The highest BCUT2D eigenvalue weighted by Crippen LogP contribution is 2.37. The molecule has 2 aliphatic heterocycles. The number of amides is 1. The summed E-state index contributed by atoms with van der Waals surface area (Å²) in [5.74, 6) is -0.622. The molecule has 32 heavy (non-hydrogen) atoms. The van der Waals surface area contributed by atoms with Gasteiger partial charge in [-0.1, -0.05) is 6.07 Å². The summed E-state index contributed by atoms with van der Waals surface area (Å²) < 4.78 is 28.6. The number of benzene rings is 2. The zero-order chi connectivity index (χ0) is 22.4. The van der Waals surface area contributed by atoms with Gasteiger partial charge in [0.05, 0.1) is 25.9 Å². The second-order valence-corrected chi connectivity index (χ2v) is 7.95. The first kappa shape index (κ1) is 22.5. The van der Waals surface area contributed by atoms with E-state index in [-0.39, 0.29) is 6.10 Å². The highest BCUT2D eigenvalue weighted by molar-refractivity contribution is 5.94. The molecule has 0 atom stereocenters. The highest BCUT2D eigenvalue weighted by atomic mass is 16.7. The largest absolute Gasteiger partial charge is 0.491 e. The molecule has 3 N–H and O–H groups in total. The van der Waals surface area contributed by atoms with Crippen LogP contribution in [0.4, 0.5) is 11.4 Å². The number of nitrogens with two attached hydrogens (primary N) is 1. The Balaban J connectivity index is 1.38. The zero-order valence-corrected chi connectivity index (χ0v) is 18.3. The molecule has 0 spiro atoms. The van der Waals surface area contributed by atoms with Crippen LogP contribution in [0.5, 0.6) is 5.75 Å². The molecule has 0 bridgehead atoms. The Morgan fingerprint density at radius 2 is 1.78 bits per heavy atom. The van der Waals surface area contributed by atoms with Gasteiger partial charge in [0, 0.05) is 35.7 Å². The maximum absolute atomic E-state index is 11.7. The van der Waals surface area contributed by atoms with Crippen molar-refractivity contribution in [3.63, 3.8) is 0 Å². The van der Waals surface area contributed by atoms with Crippen molar-refractivity contribution in [3.8, 4) is 5.75 Å². The number of ether oxygens (including phenoxy) is 5. The molecule has 0 radical (unpaired) electrons. The number of carbonyl (C=O) groups is 1. The van der Waals surface area contributed by atoms with E-state index in [0.29, 0.717) is 37.7 Å². The molecule has 8 nitrogen and oxygen atoms in total. The lowest BCUT2D eigenvalue weighted by atomic mass is 10.0. The summed E-state index contributed by atoms with van der Waals surface area (Å²) in [5, 5.41) is 3.35. The van der Waals surface area contributed by atoms with E-state index >= 15 is 0 Å². The fourth-order valence-corrected chi connectivity index (χ4v) is 3.87. The molecule has 1 amide bonds. The van der Waals surface area contributed by atoms with Gasteiger partial charge in [0.2, 0.25) is 5.91 Å². The lowest BCUT2D eigenvalue weighted by molar-refractivity contribution is -0.149. The minimum Gasteiger partial charge on any atom is -0.491 e. The molecule has 2 fully saturated rings. The molecule has 0 saturated carbocycles. The summed E-state index contributed by atoms with van der Waals surface area (Å²) in [5.41, 5.74) is 8.21. The average molecular weight is 443 g/mol. The van der Waals surface area contributed by atoms with Crippen molar-refractivity contribution in [2.24, 2.45) is 5.73 Å². The Labute approximate surface area is 187 Å². The lowest BCUT2D eigenvalue weighted by Crippen LogP contribution is -2.25. The van der Waals surface area contributed by atoms with Gasteiger partial charge in [-0.3, -0.25) is 4.79 Å². The summed E-state index contributed by atoms with van der Waals surface area (Å²) in [6, 6.07) is 12.8. The number of nitrogens with one attached hydrogen (secondary N) is 1. The number of carbonyl (C=O) groups excluding carboxylic acids is 1. The highest BCUT2D eigenvalue weighted by Gasteiger charge is 2.35. The molecule has 8 heteroatoms. The van der Waals surface area contributed by atoms with E-state index in [4.69, 9.17) is 29.4 Å². The maximum Gasteiger partial charge on any atom is 0.248 e. The summed E-state index contributed by atoms with van der Waals surface area (Å²) in [6.45, 7) is 5.46. The standard InChI is InChI=1S/C24H30N2O6/c1-24(31-14-15-32-24)21-7-2-17(23(25)27)16-22(21)26-18-3-5-19(6-4-18)29-12-13-30-20-8-10-28-11-9-20/h2-7,16,20,26H,8-15H2,1H3,(H2,25,27). The summed E-state index contributed by atoms with van der Waals surface area (Å²) in [6.07, 6.45) is 2.14. The van der Waals surface area contributed by atoms with Crippen molar-refractivity contribution >= 4 is 17.3 Å². The van der Waals surface area contributed by atoms with Crippen molar-refractivity contribution in [3.05, 3.63) is 53.6 Å². The normalized spacial score (nSPS) is 18.4. The van der Waals surface area contributed by atoms with E-state index in [9.17, 15) is 4.79 Å². The number of rotatable bonds is 9. The third kappa shape index (κ3) is 5.58. The average Bonchev–Trinajstić information content (AvgIpc) is 3.26. The summed E-state index contributed by atoms with van der Waals surface area (Å²) >= 11 is 0. The van der Waals surface area contributed by atoms with E-state index in [1.807, 2.05) is 37.3 Å². The fraction of sp³-hybridized carbons (Fsp3) is 0.458. The molecule has 2 aliphatic rings. The van der Waals surface area contributed by atoms with Crippen LogP contribution in [0.2, 0.25) is 0 Å². The van der Waals surface area contributed by atoms with Crippen LogP contribution in [-0.4, -0.2) is 51.7 Å². The van der Waals surface area contributed by atoms with E-state index in [2.05, 4.69) is 5.32 Å². The molecule has 172 valence electrons. The minimum atomic E-state index is -0.883. The molecular weight excluding hydrogens is 412 g/mol. The summed E-state index contributed by atoms with van der Waals surface area (Å²) in [7, 11) is 0. The molecule has 2 aromatic rings. The second kappa shape index (κ2) is 10.3. The van der Waals surface area contributed by atoms with E-state index in [0.717, 1.165) is 43.1 Å². The van der Waals surface area contributed by atoms with Gasteiger partial charge in [0.15, 0.2) is 5.79 Å². The quantitative estimate of drug-likeness (QED) is 0.575. The first-order chi connectivity index (χ1) is 15.5. The number of hydrogen-bond donors (Lipinski definition) is 2. The molecular formula is C24H30N2O6. The van der Waals surface area contributed by atoms with Crippen LogP contribution in [-0.2, 0) is 24.7 Å². The van der Waals surface area contributed by atoms with Crippen LogP contribution in [0.3, 0.4) is 0 Å². The molecule has 2 aromatic carbocycles. The SMILES string of the molecule is CC1(c2ccc(C(N)=O)cc2Nc2ccc(OCCOC3CCOCC3)cc2)OCCO1. The van der Waals surface area contributed by atoms with Crippen molar-refractivity contribution in [1.29, 1.82) is 0 Å². The van der Waals surface area contributed by atoms with Gasteiger partial charge in [-0.25, -0.2) is 0 Å². The Morgan fingerprint density at radius 1 is 1.06 bits per heavy atom. The van der Waals surface area contributed by atoms with Crippen LogP contribution in [0, 0.1) is 0 Å². The lowest BCUT2D eigenvalue weighted by Gasteiger charge is -2.26. The second-order valence-electron chi connectivity index (χ2n) is 7.95. The van der Waals surface area contributed by atoms with Gasteiger partial charge in [0.1, 0.15) is 12.4 Å². The molecule has 0 aromatic heterocycles. The third-order valence-electron chi connectivity index (χ3n) is 5.64. The zero-order valence-electron chi connectivity index (χ0n) is 18.3. The first-order valence-electron chi connectivity index (χ1n) is 10.9. The fourth-order valence-electron chi connectivity index (χ4n) is 3.87. The molecule has 0 aliphatic carbocycles. The topological polar surface area (TPSA) is 101 Å². The Bertz CT molecular complexity index is 905. The number of primary amides is 1. The van der Waals surface area contributed by atoms with Crippen molar-refractivity contribution in [2.75, 3.05) is 45.0 Å². The van der Waals surface area contributed by atoms with Crippen molar-refractivity contribution in [2.45, 2.75) is 31.7 Å². The molecule has 2 heterocycles. The van der Waals surface area contributed by atoms with Gasteiger partial charge in [-0.05, 0) is 56.2 Å². The summed E-state index contributed by atoms with van der Waals surface area (Å²) in [4.78, 5) is 11.7. The Kier molecular flexibility index (Phi) is 7.26. The molecule has 2 saturated heterocycles. The predicted molar refractivity (Wildman–Crippen MR) is 119 cm³/mol. The van der Waals surface area contributed by atoms with Gasteiger partial charge in [-0.2, -0.15) is 0 Å². The van der Waals surface area contributed by atoms with Gasteiger partial charge in [0.25, 0.3) is 0 Å². The third-order valence-corrected chi connectivity index (χ3v) is 5.64. The van der Waals surface area contributed by atoms with E-state index in [1.165, 1.54) is 0 Å². The number of hydrogen-bond acceptors (Lipinski definition) is 7. The van der Waals surface area contributed by atoms with Crippen molar-refractivity contribution in [1.82, 2.24) is 0 Å². The first-order valence-corrected chi connectivity index (χ1v) is 10.9. The molecule has 0 unspecified atom stereocenters. The Hall–Kier alpha value is -2.65. The number of anilines is 2. The Morgan fingerprint density at radius 3 is 2.47 bits per heavy atom. The van der Waals surface area contributed by atoms with Crippen LogP contribution < -0.4 is 15.8 Å². The van der Waals surface area contributed by atoms with Crippen molar-refractivity contribution < 1.29 is 28.5 Å². The predicted octanol–water partition coefficient (Wildman–Crippen LogP) is 3.32. The molecule has 4 rings (SSSR count). The van der Waals surface area contributed by atoms with Gasteiger partial charge in [-0.15, -0.1) is 0 Å².